The van der Waals surface area contributed by atoms with Crippen LogP contribution in [0.3, 0.4) is 0 Å². The summed E-state index contributed by atoms with van der Waals surface area (Å²) in [6, 6.07) is 2.59. The molecule has 1 aliphatic carbocycles. The number of nitrogens with one attached hydrogen (secondary N) is 2. The number of benzene rings is 1. The lowest BCUT2D eigenvalue weighted by Gasteiger charge is -2.33. The molecule has 4 rings (SSSR count). The molecule has 1 saturated heterocycles. The van der Waals surface area contributed by atoms with Gasteiger partial charge in [0.05, 0.1) is 28.9 Å². The number of amides is 1. The summed E-state index contributed by atoms with van der Waals surface area (Å²) in [7, 11) is 1.76. The van der Waals surface area contributed by atoms with Gasteiger partial charge in [-0.3, -0.25) is 9.59 Å². The highest BCUT2D eigenvalue weighted by atomic mass is 19.3. The van der Waals surface area contributed by atoms with Crippen molar-refractivity contribution >= 4 is 11.6 Å². The van der Waals surface area contributed by atoms with E-state index in [2.05, 4.69) is 10.6 Å². The molecule has 2 aliphatic rings. The molecule has 0 bridgehead atoms. The lowest BCUT2D eigenvalue weighted by molar-refractivity contribution is 0.0648. The molecule has 3 atom stereocenters. The first-order chi connectivity index (χ1) is 17.4. The molecular weight excluding hydrogens is 502 g/mol. The lowest BCUT2D eigenvalue weighted by Crippen LogP contribution is -2.47. The molecule has 2 fully saturated rings. The second kappa shape index (κ2) is 10.4. The Bertz CT molecular complexity index is 1220. The van der Waals surface area contributed by atoms with Crippen LogP contribution in [0.4, 0.5) is 32.0 Å². The molecule has 1 amide bonds. The van der Waals surface area contributed by atoms with Gasteiger partial charge in [0.15, 0.2) is 0 Å². The molecule has 2 N–H and O–H groups in total. The Balaban J connectivity index is 1.68. The second-order valence-corrected chi connectivity index (χ2v) is 9.78. The number of alkyl halides is 5. The Kier molecular flexibility index (Phi) is 7.59. The van der Waals surface area contributed by atoms with Gasteiger partial charge < -0.3 is 20.1 Å². The number of carbonyl (C=O) groups excluding carboxylic acids is 1. The maximum Gasteiger partial charge on any atom is 0.266 e. The molecule has 12 heteroatoms. The van der Waals surface area contributed by atoms with E-state index in [0.717, 1.165) is 22.9 Å². The van der Waals surface area contributed by atoms with Crippen molar-refractivity contribution in [2.75, 3.05) is 25.5 Å². The van der Waals surface area contributed by atoms with Gasteiger partial charge in [-0.1, -0.05) is 18.2 Å². The molecular formula is C25H28F6N4O2. The Morgan fingerprint density at radius 3 is 2.43 bits per heavy atom. The standard InChI is InChI=1S/C25H28F6N4O2/c1-13(14-4-3-5-15(21(14)27)22(28)29)32-23(37)16-11-35(25(7-8-25)24(30)31)20(36)10-19(16)33-18-6-9-34(2)12-17(18)26/h3-5,10-11,13,17-18,22,24,33H,6-9,12H2,1-2H3,(H,32,37)/t13-,17-,18-/m1/s1. The number of nitrogens with zero attached hydrogens (tertiary/aromatic N) is 2. The van der Waals surface area contributed by atoms with Crippen LogP contribution in [0.15, 0.2) is 35.3 Å². The summed E-state index contributed by atoms with van der Waals surface area (Å²) in [6.45, 7) is 2.06. The number of halogens is 6. The number of aromatic nitrogens is 1. The molecule has 1 aromatic heterocycles. The van der Waals surface area contributed by atoms with Crippen molar-refractivity contribution in [2.45, 2.75) is 62.8 Å². The SMILES string of the molecule is C[C@@H](NC(=O)c1cn(C2(C(F)F)CC2)c(=O)cc1N[C@@H]1CCN(C)C[C@H]1F)c1cccc(C(F)F)c1F. The van der Waals surface area contributed by atoms with E-state index in [0.29, 0.717) is 13.0 Å². The highest BCUT2D eigenvalue weighted by molar-refractivity contribution is 5.99. The van der Waals surface area contributed by atoms with Crippen LogP contribution in [0.5, 0.6) is 0 Å². The summed E-state index contributed by atoms with van der Waals surface area (Å²) in [4.78, 5) is 27.9. The fraction of sp³-hybridized carbons (Fsp3) is 0.520. The van der Waals surface area contributed by atoms with Gasteiger partial charge in [0.25, 0.3) is 24.3 Å². The normalized spacial score (nSPS) is 22.2. The summed E-state index contributed by atoms with van der Waals surface area (Å²) < 4.78 is 84.0. The van der Waals surface area contributed by atoms with Crippen LogP contribution in [0.2, 0.25) is 0 Å². The molecule has 1 saturated carbocycles. The monoisotopic (exact) mass is 530 g/mol. The molecule has 202 valence electrons. The Morgan fingerprint density at radius 2 is 1.84 bits per heavy atom. The first-order valence-electron chi connectivity index (χ1n) is 12.0. The van der Waals surface area contributed by atoms with E-state index in [4.69, 9.17) is 0 Å². The number of hydrogen-bond acceptors (Lipinski definition) is 4. The van der Waals surface area contributed by atoms with Crippen LogP contribution in [0.25, 0.3) is 0 Å². The number of rotatable bonds is 8. The van der Waals surface area contributed by atoms with Crippen molar-refractivity contribution in [3.63, 3.8) is 0 Å². The topological polar surface area (TPSA) is 66.4 Å². The zero-order valence-corrected chi connectivity index (χ0v) is 20.3. The number of carbonyl (C=O) groups is 1. The van der Waals surface area contributed by atoms with Gasteiger partial charge >= 0.3 is 0 Å². The summed E-state index contributed by atoms with van der Waals surface area (Å²) in [5.41, 5.74) is -3.78. The smallest absolute Gasteiger partial charge is 0.266 e. The third-order valence-corrected chi connectivity index (χ3v) is 7.14. The summed E-state index contributed by atoms with van der Waals surface area (Å²) >= 11 is 0. The number of anilines is 1. The summed E-state index contributed by atoms with van der Waals surface area (Å²) in [5, 5.41) is 5.38. The van der Waals surface area contributed by atoms with Crippen LogP contribution in [-0.2, 0) is 5.54 Å². The van der Waals surface area contributed by atoms with Crippen molar-refractivity contribution in [3.05, 3.63) is 63.3 Å². The Labute approximate surface area is 209 Å². The molecule has 0 spiro atoms. The predicted molar refractivity (Wildman–Crippen MR) is 126 cm³/mol. The highest BCUT2D eigenvalue weighted by Gasteiger charge is 2.53. The third kappa shape index (κ3) is 5.34. The van der Waals surface area contributed by atoms with Crippen LogP contribution in [0.1, 0.15) is 60.1 Å². The van der Waals surface area contributed by atoms with Crippen molar-refractivity contribution in [1.82, 2.24) is 14.8 Å². The average molecular weight is 531 g/mol. The fourth-order valence-electron chi connectivity index (χ4n) is 4.72. The van der Waals surface area contributed by atoms with Gasteiger partial charge in [-0.25, -0.2) is 26.3 Å². The predicted octanol–water partition coefficient (Wildman–Crippen LogP) is 4.62. The van der Waals surface area contributed by atoms with Crippen LogP contribution in [0, 0.1) is 5.82 Å². The van der Waals surface area contributed by atoms with Crippen molar-refractivity contribution < 1.29 is 31.1 Å². The van der Waals surface area contributed by atoms with Gasteiger partial charge in [-0.2, -0.15) is 0 Å². The minimum absolute atomic E-state index is 0.0436. The Morgan fingerprint density at radius 1 is 1.16 bits per heavy atom. The van der Waals surface area contributed by atoms with E-state index in [9.17, 15) is 35.9 Å². The quantitative estimate of drug-likeness (QED) is 0.489. The Hall–Kier alpha value is -3.02. The number of piperidine rings is 1. The van der Waals surface area contributed by atoms with Gasteiger partial charge in [0.1, 0.15) is 17.5 Å². The molecule has 1 aromatic carbocycles. The summed E-state index contributed by atoms with van der Waals surface area (Å²) in [5.74, 6) is -2.03. The highest BCUT2D eigenvalue weighted by Crippen LogP contribution is 2.48. The maximum atomic E-state index is 14.7. The van der Waals surface area contributed by atoms with Gasteiger partial charge in [0.2, 0.25) is 0 Å². The first kappa shape index (κ1) is 27.0. The largest absolute Gasteiger partial charge is 0.378 e. The zero-order valence-electron chi connectivity index (χ0n) is 20.3. The van der Waals surface area contributed by atoms with Crippen LogP contribution < -0.4 is 16.2 Å². The van der Waals surface area contributed by atoms with Gasteiger partial charge in [0, 0.05) is 30.9 Å². The molecule has 2 aromatic rings. The molecule has 1 aliphatic heterocycles. The molecule has 0 radical (unpaired) electrons. The molecule has 37 heavy (non-hydrogen) atoms. The average Bonchev–Trinajstić information content (AvgIpc) is 3.63. The maximum absolute atomic E-state index is 14.7. The van der Waals surface area contributed by atoms with Crippen molar-refractivity contribution in [2.24, 2.45) is 0 Å². The van der Waals surface area contributed by atoms with Gasteiger partial charge in [-0.15, -0.1) is 0 Å². The van der Waals surface area contributed by atoms with E-state index in [1.807, 2.05) is 0 Å². The minimum atomic E-state index is -3.06. The van der Waals surface area contributed by atoms with Crippen LogP contribution in [-0.4, -0.2) is 54.2 Å². The fourth-order valence-corrected chi connectivity index (χ4v) is 4.72. The number of hydrogen-bond donors (Lipinski definition) is 2. The minimum Gasteiger partial charge on any atom is -0.378 e. The van der Waals surface area contributed by atoms with E-state index >= 15 is 0 Å². The summed E-state index contributed by atoms with van der Waals surface area (Å²) in [6.07, 6.45) is -5.77. The number of likely N-dealkylation sites (tertiary alicyclic amines) is 1. The molecule has 6 nitrogen and oxygen atoms in total. The first-order valence-corrected chi connectivity index (χ1v) is 12.0. The van der Waals surface area contributed by atoms with Crippen molar-refractivity contribution in [3.8, 4) is 0 Å². The lowest BCUT2D eigenvalue weighted by atomic mass is 10.0. The molecule has 2 heterocycles. The second-order valence-electron chi connectivity index (χ2n) is 9.78. The van der Waals surface area contributed by atoms with E-state index in [1.54, 1.807) is 11.9 Å². The van der Waals surface area contributed by atoms with Gasteiger partial charge in [-0.05, 0) is 33.2 Å². The zero-order chi connectivity index (χ0) is 27.1. The molecule has 0 unspecified atom stereocenters. The van der Waals surface area contributed by atoms with Crippen molar-refractivity contribution in [1.29, 1.82) is 0 Å². The van der Waals surface area contributed by atoms with E-state index in [-0.39, 0.29) is 36.2 Å². The number of pyridine rings is 1. The van der Waals surface area contributed by atoms with Crippen LogP contribution >= 0.6 is 0 Å². The third-order valence-electron chi connectivity index (χ3n) is 7.14. The van der Waals surface area contributed by atoms with E-state index < -0.39 is 59.5 Å². The van der Waals surface area contributed by atoms with E-state index in [1.165, 1.54) is 19.1 Å².